The molecule has 1 nitrogen and oxygen atoms in total. The first-order valence-electron chi connectivity index (χ1n) is 3.33. The fourth-order valence-electron chi connectivity index (χ4n) is 1.14. The fourth-order valence-corrected chi connectivity index (χ4v) is 1.14. The van der Waals surface area contributed by atoms with Crippen LogP contribution in [0.25, 0.3) is 10.9 Å². The zero-order valence-corrected chi connectivity index (χ0v) is 9.89. The molecule has 58 valence electrons. The Bertz CT molecular complexity index is 323. The van der Waals surface area contributed by atoms with Gasteiger partial charge in [0.15, 0.2) is 0 Å². The molecule has 0 fully saturated rings. The van der Waals surface area contributed by atoms with E-state index in [4.69, 9.17) is 0 Å². The van der Waals surface area contributed by atoms with Gasteiger partial charge in [0.25, 0.3) is 0 Å². The van der Waals surface area contributed by atoms with Gasteiger partial charge >= 0.3 is 23.1 Å². The Morgan fingerprint density at radius 2 is 1.92 bits per heavy atom. The minimum atomic E-state index is 0. The molecule has 12 heavy (non-hydrogen) atoms. The van der Waals surface area contributed by atoms with Crippen LogP contribution < -0.4 is 17.0 Å². The summed E-state index contributed by atoms with van der Waals surface area (Å²) in [5.41, 5.74) is 2.27. The van der Waals surface area contributed by atoms with Gasteiger partial charge in [-0.1, -0.05) is 23.3 Å². The van der Waals surface area contributed by atoms with Crippen molar-refractivity contribution in [2.45, 2.75) is 6.92 Å². The number of halogens is 1. The van der Waals surface area contributed by atoms with E-state index in [9.17, 15) is 0 Å². The number of rotatable bonds is 0. The van der Waals surface area contributed by atoms with E-state index in [2.05, 4.69) is 23.2 Å². The van der Waals surface area contributed by atoms with E-state index in [1.54, 1.807) is 0 Å². The van der Waals surface area contributed by atoms with Crippen molar-refractivity contribution in [3.63, 3.8) is 0 Å². The summed E-state index contributed by atoms with van der Waals surface area (Å²) in [6, 6.07) is 11.4. The Kier molecular flexibility index (Phi) is 4.90. The van der Waals surface area contributed by atoms with Gasteiger partial charge in [0.1, 0.15) is 0 Å². The van der Waals surface area contributed by atoms with E-state index in [-0.39, 0.29) is 40.0 Å². The third kappa shape index (κ3) is 2.25. The molecule has 0 saturated heterocycles. The maximum absolute atomic E-state index is 3.20. The third-order valence-corrected chi connectivity index (χ3v) is 1.57. The summed E-state index contributed by atoms with van der Waals surface area (Å²) in [4.78, 5) is 3.20. The molecule has 0 radical (unpaired) electrons. The average molecular weight is 234 g/mol. The van der Waals surface area contributed by atoms with Gasteiger partial charge in [-0.3, -0.25) is 0 Å². The Morgan fingerprint density at radius 1 is 1.25 bits per heavy atom. The number of aromatic nitrogens is 1. The molecule has 0 atom stereocenters. The molecular weight excluding hydrogens is 226 g/mol. The number of aryl methyl sites for hydroxylation is 1. The minimum absolute atomic E-state index is 0. The van der Waals surface area contributed by atoms with E-state index < -0.39 is 0 Å². The van der Waals surface area contributed by atoms with E-state index in [1.165, 1.54) is 10.9 Å². The number of nitrogens with one attached hydrogen (secondary N) is 1. The molecule has 2 aromatic rings. The molecule has 1 N–H and O–H groups in total. The van der Waals surface area contributed by atoms with Gasteiger partial charge in [0, 0.05) is 0 Å². The van der Waals surface area contributed by atoms with Crippen LogP contribution in [0.4, 0.5) is 0 Å². The van der Waals surface area contributed by atoms with Crippen molar-refractivity contribution < 1.29 is 17.0 Å². The Hall–Kier alpha value is 0.00623. The van der Waals surface area contributed by atoms with E-state index in [0.29, 0.717) is 0 Å². The van der Waals surface area contributed by atoms with Crippen molar-refractivity contribution in [1.82, 2.24) is 4.98 Å². The topological polar surface area (TPSA) is 15.8 Å². The molecular formula is C9H8BrMgN. The maximum atomic E-state index is 3.20. The number of aromatic amines is 1. The van der Waals surface area contributed by atoms with Crippen molar-refractivity contribution >= 4 is 34.0 Å². The molecule has 1 aromatic carbocycles. The Morgan fingerprint density at radius 3 is 2.58 bits per heavy atom. The number of H-pyrrole nitrogens is 1. The average Bonchev–Trinajstić information content (AvgIpc) is 2.27. The second-order valence-corrected chi connectivity index (χ2v) is 2.42. The normalized spacial score (nSPS) is 8.75. The van der Waals surface area contributed by atoms with Gasteiger partial charge in [-0.15, -0.1) is 6.07 Å². The first-order valence-corrected chi connectivity index (χ1v) is 3.33. The summed E-state index contributed by atoms with van der Waals surface area (Å²) in [7, 11) is 0. The number of hydrogen-bond acceptors (Lipinski definition) is 0. The van der Waals surface area contributed by atoms with Crippen LogP contribution in [0.2, 0.25) is 0 Å². The van der Waals surface area contributed by atoms with Crippen molar-refractivity contribution in [3.8, 4) is 0 Å². The molecule has 0 bridgehead atoms. The van der Waals surface area contributed by atoms with Crippen LogP contribution in [0, 0.1) is 13.0 Å². The smallest absolute Gasteiger partial charge is 1.00 e. The van der Waals surface area contributed by atoms with E-state index in [0.717, 1.165) is 5.69 Å². The second kappa shape index (κ2) is 4.89. The summed E-state index contributed by atoms with van der Waals surface area (Å²) in [5.74, 6) is 0. The Balaban J connectivity index is 0.000000605. The van der Waals surface area contributed by atoms with Gasteiger partial charge in [0.2, 0.25) is 0 Å². The van der Waals surface area contributed by atoms with Gasteiger partial charge in [0.05, 0.1) is 0 Å². The van der Waals surface area contributed by atoms with Crippen LogP contribution in [0.5, 0.6) is 0 Å². The predicted octanol–water partition coefficient (Wildman–Crippen LogP) is -1.10. The molecule has 0 saturated carbocycles. The molecule has 0 spiro atoms. The van der Waals surface area contributed by atoms with Gasteiger partial charge in [-0.2, -0.15) is 17.5 Å². The molecule has 1 aromatic heterocycles. The standard InChI is InChI=1S/C9H8N.BrH.Mg/c1-7-6-8-4-2-3-5-9(8)10-7;;/h2-5,10H,1H3;1H;/q-1;;+2/p-1. The Labute approximate surface area is 98.5 Å². The number of hydrogen-bond donors (Lipinski definition) is 1. The zero-order chi connectivity index (χ0) is 6.97. The first-order chi connectivity index (χ1) is 4.86. The maximum Gasteiger partial charge on any atom is 2.00 e. The van der Waals surface area contributed by atoms with Crippen LogP contribution in [-0.4, -0.2) is 28.0 Å². The zero-order valence-electron chi connectivity index (χ0n) is 6.89. The summed E-state index contributed by atoms with van der Waals surface area (Å²) in [6.45, 7) is 2.01. The SMILES string of the molecule is Cc1[c-]c2ccccc2[nH]1.[Br-].[Mg+2]. The van der Waals surface area contributed by atoms with E-state index in [1.807, 2.05) is 19.1 Å². The molecule has 1 heterocycles. The van der Waals surface area contributed by atoms with Crippen molar-refractivity contribution in [3.05, 3.63) is 36.0 Å². The molecule has 0 unspecified atom stereocenters. The third-order valence-electron chi connectivity index (χ3n) is 1.57. The van der Waals surface area contributed by atoms with Crippen molar-refractivity contribution in [2.75, 3.05) is 0 Å². The summed E-state index contributed by atoms with van der Waals surface area (Å²) >= 11 is 0. The largest absolute Gasteiger partial charge is 2.00 e. The van der Waals surface area contributed by atoms with Crippen LogP contribution in [-0.2, 0) is 0 Å². The minimum Gasteiger partial charge on any atom is -1.00 e. The quantitative estimate of drug-likeness (QED) is 0.440. The van der Waals surface area contributed by atoms with Gasteiger partial charge in [-0.25, -0.2) is 0 Å². The van der Waals surface area contributed by atoms with Crippen LogP contribution in [0.3, 0.4) is 0 Å². The van der Waals surface area contributed by atoms with Gasteiger partial charge < -0.3 is 22.0 Å². The van der Waals surface area contributed by atoms with E-state index >= 15 is 0 Å². The molecule has 0 aliphatic carbocycles. The predicted molar refractivity (Wildman–Crippen MR) is 47.6 cm³/mol. The van der Waals surface area contributed by atoms with Crippen molar-refractivity contribution in [2.24, 2.45) is 0 Å². The monoisotopic (exact) mass is 233 g/mol. The van der Waals surface area contributed by atoms with Gasteiger partial charge in [-0.05, 0) is 6.92 Å². The molecule has 2 rings (SSSR count). The van der Waals surface area contributed by atoms with Crippen LogP contribution in [0.15, 0.2) is 24.3 Å². The number of para-hydroxylation sites is 1. The van der Waals surface area contributed by atoms with Crippen molar-refractivity contribution in [1.29, 1.82) is 0 Å². The molecule has 0 amide bonds. The number of fused-ring (bicyclic) bond motifs is 1. The summed E-state index contributed by atoms with van der Waals surface area (Å²) < 4.78 is 0. The second-order valence-electron chi connectivity index (χ2n) is 2.42. The fraction of sp³-hybridized carbons (Fsp3) is 0.111. The van der Waals surface area contributed by atoms with Crippen LogP contribution >= 0.6 is 0 Å². The molecule has 0 aliphatic rings. The summed E-state index contributed by atoms with van der Waals surface area (Å²) in [5, 5.41) is 1.17. The number of benzene rings is 1. The molecule has 3 heteroatoms. The summed E-state index contributed by atoms with van der Waals surface area (Å²) in [6.07, 6.45) is 0. The first kappa shape index (κ1) is 12.0. The van der Waals surface area contributed by atoms with Crippen LogP contribution in [0.1, 0.15) is 5.69 Å². The molecule has 0 aliphatic heterocycles.